The molecule has 1 aromatic heterocycles. The number of aliphatic carboxylic acids is 1. The first-order chi connectivity index (χ1) is 12.7. The van der Waals surface area contributed by atoms with Crippen LogP contribution in [0.1, 0.15) is 27.5 Å². The number of fused-ring (bicyclic) bond motifs is 3. The van der Waals surface area contributed by atoms with Crippen LogP contribution in [0.25, 0.3) is 11.1 Å². The number of carbonyl (C=O) groups is 2. The van der Waals surface area contributed by atoms with Crippen LogP contribution in [0, 0.1) is 0 Å². The molecule has 0 radical (unpaired) electrons. The van der Waals surface area contributed by atoms with Crippen molar-refractivity contribution in [2.24, 2.45) is 0 Å². The van der Waals surface area contributed by atoms with Gasteiger partial charge in [0.15, 0.2) is 0 Å². The summed E-state index contributed by atoms with van der Waals surface area (Å²) in [5.74, 6) is -2.03. The second-order valence-corrected chi connectivity index (χ2v) is 6.16. The number of hydrogen-bond acceptors (Lipinski definition) is 3. The number of aromatic nitrogens is 1. The van der Waals surface area contributed by atoms with Crippen molar-refractivity contribution < 1.29 is 14.7 Å². The Labute approximate surface area is 150 Å². The first-order valence-corrected chi connectivity index (χ1v) is 8.30. The van der Waals surface area contributed by atoms with Crippen LogP contribution in [0.2, 0.25) is 0 Å². The average molecular weight is 344 g/mol. The molecule has 26 heavy (non-hydrogen) atoms. The third-order valence-corrected chi connectivity index (χ3v) is 4.67. The predicted octanol–water partition coefficient (Wildman–Crippen LogP) is 3.08. The molecule has 0 unspecified atom stereocenters. The molecule has 4 rings (SSSR count). The molecule has 0 fully saturated rings. The number of nitrogens with zero attached hydrogens (tertiary/aromatic N) is 1. The Morgan fingerprint density at radius 1 is 0.885 bits per heavy atom. The highest BCUT2D eigenvalue weighted by atomic mass is 16.4. The highest BCUT2D eigenvalue weighted by molar-refractivity contribution is 5.96. The lowest BCUT2D eigenvalue weighted by molar-refractivity contribution is -0.139. The van der Waals surface area contributed by atoms with E-state index in [0.29, 0.717) is 0 Å². The van der Waals surface area contributed by atoms with Crippen LogP contribution in [-0.2, 0) is 4.79 Å². The van der Waals surface area contributed by atoms with Gasteiger partial charge in [-0.05, 0) is 34.4 Å². The number of pyridine rings is 1. The van der Waals surface area contributed by atoms with Gasteiger partial charge in [0.25, 0.3) is 5.91 Å². The lowest BCUT2D eigenvalue weighted by atomic mass is 9.89. The van der Waals surface area contributed by atoms with Crippen molar-refractivity contribution >= 4 is 11.9 Å². The maximum Gasteiger partial charge on any atom is 0.327 e. The van der Waals surface area contributed by atoms with Gasteiger partial charge in [0.2, 0.25) is 0 Å². The molecule has 0 saturated carbocycles. The second-order valence-electron chi connectivity index (χ2n) is 6.16. The summed E-state index contributed by atoms with van der Waals surface area (Å²) < 4.78 is 0. The van der Waals surface area contributed by atoms with Crippen molar-refractivity contribution in [3.8, 4) is 11.1 Å². The first-order valence-electron chi connectivity index (χ1n) is 8.30. The fourth-order valence-electron chi connectivity index (χ4n) is 3.55. The van der Waals surface area contributed by atoms with Gasteiger partial charge in [0.1, 0.15) is 11.7 Å². The van der Waals surface area contributed by atoms with Crippen LogP contribution in [0.5, 0.6) is 0 Å². The van der Waals surface area contributed by atoms with E-state index >= 15 is 0 Å². The summed E-state index contributed by atoms with van der Waals surface area (Å²) in [6, 6.07) is 19.3. The molecule has 1 atom stereocenters. The van der Waals surface area contributed by atoms with Crippen molar-refractivity contribution in [1.82, 2.24) is 10.3 Å². The van der Waals surface area contributed by atoms with Crippen LogP contribution in [0.15, 0.2) is 72.9 Å². The summed E-state index contributed by atoms with van der Waals surface area (Å²) in [6.45, 7) is 0. The SMILES string of the molecule is O=C(N[C@@H](C(=O)O)C1c2ccccc2-c2ccccc21)c1ccccn1. The van der Waals surface area contributed by atoms with Crippen LogP contribution in [0.3, 0.4) is 0 Å². The average Bonchev–Trinajstić information content (AvgIpc) is 3.01. The summed E-state index contributed by atoms with van der Waals surface area (Å²) in [6.07, 6.45) is 1.50. The van der Waals surface area contributed by atoms with E-state index < -0.39 is 23.8 Å². The zero-order chi connectivity index (χ0) is 18.1. The number of amides is 1. The van der Waals surface area contributed by atoms with Gasteiger partial charge in [-0.2, -0.15) is 0 Å². The molecular weight excluding hydrogens is 328 g/mol. The van der Waals surface area contributed by atoms with E-state index in [0.717, 1.165) is 22.3 Å². The summed E-state index contributed by atoms with van der Waals surface area (Å²) >= 11 is 0. The van der Waals surface area contributed by atoms with Gasteiger partial charge >= 0.3 is 5.97 Å². The summed E-state index contributed by atoms with van der Waals surface area (Å²) in [7, 11) is 0. The Morgan fingerprint density at radius 2 is 1.46 bits per heavy atom. The topological polar surface area (TPSA) is 79.3 Å². The number of carboxylic acid groups (broad SMARTS) is 1. The number of benzene rings is 2. The summed E-state index contributed by atoms with van der Waals surface area (Å²) in [5, 5.41) is 12.5. The number of carbonyl (C=O) groups excluding carboxylic acids is 1. The maximum atomic E-state index is 12.5. The van der Waals surface area contributed by atoms with Crippen LogP contribution in [-0.4, -0.2) is 28.0 Å². The van der Waals surface area contributed by atoms with Crippen LogP contribution < -0.4 is 5.32 Å². The lowest BCUT2D eigenvalue weighted by Crippen LogP contribution is -2.45. The number of nitrogens with one attached hydrogen (secondary N) is 1. The molecule has 1 heterocycles. The summed E-state index contributed by atoms with van der Waals surface area (Å²) in [5.41, 5.74) is 4.01. The van der Waals surface area contributed by atoms with Gasteiger partial charge in [-0.25, -0.2) is 4.79 Å². The number of hydrogen-bond donors (Lipinski definition) is 2. The largest absolute Gasteiger partial charge is 0.480 e. The molecule has 1 amide bonds. The Balaban J connectivity index is 1.76. The Bertz CT molecular complexity index is 940. The second kappa shape index (κ2) is 6.44. The highest BCUT2D eigenvalue weighted by Gasteiger charge is 2.39. The molecular formula is C21H16N2O3. The molecule has 128 valence electrons. The van der Waals surface area contributed by atoms with Crippen LogP contribution >= 0.6 is 0 Å². The smallest absolute Gasteiger partial charge is 0.327 e. The van der Waals surface area contributed by atoms with Gasteiger partial charge in [0.05, 0.1) is 0 Å². The molecule has 1 aliphatic rings. The standard InChI is InChI=1S/C21H16N2O3/c24-20(17-11-5-6-12-22-17)23-19(21(25)26)18-15-9-3-1-7-13(15)14-8-2-4-10-16(14)18/h1-12,18-19H,(H,23,24)(H,25,26)/t19-/m1/s1. The quantitative estimate of drug-likeness (QED) is 0.762. The van der Waals surface area contributed by atoms with Crippen molar-refractivity contribution in [2.75, 3.05) is 0 Å². The predicted molar refractivity (Wildman–Crippen MR) is 96.8 cm³/mol. The molecule has 3 aromatic rings. The van der Waals surface area contributed by atoms with Gasteiger partial charge in [-0.15, -0.1) is 0 Å². The minimum Gasteiger partial charge on any atom is -0.480 e. The highest BCUT2D eigenvalue weighted by Crippen LogP contribution is 2.46. The molecule has 2 aromatic carbocycles. The first kappa shape index (κ1) is 16.0. The van der Waals surface area contributed by atoms with E-state index in [9.17, 15) is 14.7 Å². The molecule has 5 nitrogen and oxygen atoms in total. The number of rotatable bonds is 4. The van der Waals surface area contributed by atoms with Gasteiger partial charge in [-0.3, -0.25) is 9.78 Å². The molecule has 2 N–H and O–H groups in total. The third-order valence-electron chi connectivity index (χ3n) is 4.67. The molecule has 0 spiro atoms. The van der Waals surface area contributed by atoms with Crippen molar-refractivity contribution in [3.05, 3.63) is 89.7 Å². The maximum absolute atomic E-state index is 12.5. The zero-order valence-electron chi connectivity index (χ0n) is 13.8. The van der Waals surface area contributed by atoms with Crippen molar-refractivity contribution in [3.63, 3.8) is 0 Å². The van der Waals surface area contributed by atoms with E-state index in [1.807, 2.05) is 48.5 Å². The fraction of sp³-hybridized carbons (Fsp3) is 0.0952. The Hall–Kier alpha value is -3.47. The third kappa shape index (κ3) is 2.63. The zero-order valence-corrected chi connectivity index (χ0v) is 13.8. The van der Waals surface area contributed by atoms with Crippen LogP contribution in [0.4, 0.5) is 0 Å². The molecule has 0 saturated heterocycles. The summed E-state index contributed by atoms with van der Waals surface area (Å²) in [4.78, 5) is 28.5. The fourth-order valence-corrected chi connectivity index (χ4v) is 3.55. The molecule has 0 bridgehead atoms. The van der Waals surface area contributed by atoms with Crippen molar-refractivity contribution in [2.45, 2.75) is 12.0 Å². The Morgan fingerprint density at radius 3 is 2.00 bits per heavy atom. The van der Waals surface area contributed by atoms with Crippen molar-refractivity contribution in [1.29, 1.82) is 0 Å². The monoisotopic (exact) mass is 344 g/mol. The van der Waals surface area contributed by atoms with E-state index in [-0.39, 0.29) is 5.69 Å². The van der Waals surface area contributed by atoms with E-state index in [4.69, 9.17) is 0 Å². The minimum atomic E-state index is -1.09. The van der Waals surface area contributed by atoms with Gasteiger partial charge in [-0.1, -0.05) is 54.6 Å². The molecule has 1 aliphatic carbocycles. The van der Waals surface area contributed by atoms with Gasteiger partial charge < -0.3 is 10.4 Å². The number of carboxylic acids is 1. The molecule has 0 aliphatic heterocycles. The lowest BCUT2D eigenvalue weighted by Gasteiger charge is -2.23. The van der Waals surface area contributed by atoms with E-state index in [1.54, 1.807) is 18.2 Å². The Kier molecular flexibility index (Phi) is 3.97. The minimum absolute atomic E-state index is 0.193. The van der Waals surface area contributed by atoms with E-state index in [2.05, 4.69) is 10.3 Å². The van der Waals surface area contributed by atoms with Gasteiger partial charge in [0, 0.05) is 12.1 Å². The molecule has 5 heteroatoms. The van der Waals surface area contributed by atoms with E-state index in [1.165, 1.54) is 6.20 Å². The normalized spacial score (nSPS) is 13.5.